The number of morpholine rings is 1. The molecule has 3 aromatic rings. The van der Waals surface area contributed by atoms with Crippen molar-refractivity contribution in [2.45, 2.75) is 33.4 Å². The number of carboxylic acids is 1. The summed E-state index contributed by atoms with van der Waals surface area (Å²) in [6.45, 7) is 10.5. The smallest absolute Gasteiger partial charge is 0.308 e. The first kappa shape index (κ1) is 24.7. The average Bonchev–Trinajstić information content (AvgIpc) is 3.55. The highest BCUT2D eigenvalue weighted by molar-refractivity contribution is 7.14. The maximum Gasteiger partial charge on any atom is 0.308 e. The lowest BCUT2D eigenvalue weighted by atomic mass is 10.0. The van der Waals surface area contributed by atoms with Gasteiger partial charge in [0, 0.05) is 43.7 Å². The predicted molar refractivity (Wildman–Crippen MR) is 142 cm³/mol. The molecule has 1 aromatic heterocycles. The lowest BCUT2D eigenvalue weighted by Gasteiger charge is -2.26. The second-order valence-electron chi connectivity index (χ2n) is 9.72. The van der Waals surface area contributed by atoms with E-state index in [4.69, 9.17) is 14.5 Å². The second-order valence-corrected chi connectivity index (χ2v) is 10.6. The van der Waals surface area contributed by atoms with E-state index >= 15 is 0 Å². The van der Waals surface area contributed by atoms with Crippen LogP contribution in [-0.2, 0) is 22.7 Å². The van der Waals surface area contributed by atoms with Crippen LogP contribution in [0.25, 0.3) is 11.3 Å². The molecule has 0 aliphatic carbocycles. The Kier molecular flexibility index (Phi) is 7.55. The number of anilines is 1. The summed E-state index contributed by atoms with van der Waals surface area (Å²) in [6.07, 6.45) is 0.660. The molecule has 36 heavy (non-hydrogen) atoms. The highest BCUT2D eigenvalue weighted by Crippen LogP contribution is 2.36. The van der Waals surface area contributed by atoms with Gasteiger partial charge < -0.3 is 19.5 Å². The van der Waals surface area contributed by atoms with Crippen LogP contribution >= 0.6 is 11.3 Å². The van der Waals surface area contributed by atoms with E-state index < -0.39 is 5.97 Å². The van der Waals surface area contributed by atoms with Gasteiger partial charge in [0.15, 0.2) is 5.13 Å². The van der Waals surface area contributed by atoms with Gasteiger partial charge in [0.1, 0.15) is 12.4 Å². The van der Waals surface area contributed by atoms with Crippen LogP contribution in [0.4, 0.5) is 5.13 Å². The summed E-state index contributed by atoms with van der Waals surface area (Å²) in [5, 5.41) is 12.2. The number of rotatable bonds is 8. The lowest BCUT2D eigenvalue weighted by Crippen LogP contribution is -2.35. The first-order chi connectivity index (χ1) is 17.5. The van der Waals surface area contributed by atoms with Crippen molar-refractivity contribution in [3.8, 4) is 17.0 Å². The maximum absolute atomic E-state index is 11.3. The van der Waals surface area contributed by atoms with Crippen molar-refractivity contribution in [3.63, 3.8) is 0 Å². The van der Waals surface area contributed by atoms with E-state index in [2.05, 4.69) is 54.0 Å². The fourth-order valence-corrected chi connectivity index (χ4v) is 5.69. The molecule has 1 atom stereocenters. The average molecular weight is 508 g/mol. The molecule has 0 amide bonds. The van der Waals surface area contributed by atoms with Crippen molar-refractivity contribution >= 4 is 22.4 Å². The van der Waals surface area contributed by atoms with E-state index in [-0.39, 0.29) is 5.92 Å². The van der Waals surface area contributed by atoms with Crippen LogP contribution in [0.3, 0.4) is 0 Å². The molecule has 1 unspecified atom stereocenters. The van der Waals surface area contributed by atoms with E-state index in [0.29, 0.717) is 19.6 Å². The van der Waals surface area contributed by atoms with Crippen molar-refractivity contribution in [2.24, 2.45) is 5.92 Å². The molecule has 1 N–H and O–H groups in total. The minimum Gasteiger partial charge on any atom is -0.488 e. The summed E-state index contributed by atoms with van der Waals surface area (Å²) in [4.78, 5) is 20.7. The Balaban J connectivity index is 1.28. The van der Waals surface area contributed by atoms with Gasteiger partial charge in [0.2, 0.25) is 0 Å². The van der Waals surface area contributed by atoms with Crippen LogP contribution in [-0.4, -0.2) is 60.4 Å². The highest BCUT2D eigenvalue weighted by Gasteiger charge is 2.29. The third-order valence-corrected chi connectivity index (χ3v) is 7.91. The SMILES string of the molecule is Cc1ccc(OCc2ccc(CN3CCOCC3)cc2C)c(-c2csc(N3CCC(C(=O)O)C3)n2)c1. The number of ether oxygens (including phenoxy) is 2. The van der Waals surface area contributed by atoms with E-state index in [1.807, 2.05) is 11.4 Å². The molecule has 0 bridgehead atoms. The summed E-state index contributed by atoms with van der Waals surface area (Å²) in [5.41, 5.74) is 6.69. The van der Waals surface area contributed by atoms with Gasteiger partial charge in [-0.2, -0.15) is 0 Å². The predicted octanol–water partition coefficient (Wildman–Crippen LogP) is 4.75. The maximum atomic E-state index is 11.3. The molecular weight excluding hydrogens is 474 g/mol. The Morgan fingerprint density at radius 3 is 2.75 bits per heavy atom. The normalized spacial score (nSPS) is 18.5. The van der Waals surface area contributed by atoms with E-state index in [0.717, 1.165) is 67.1 Å². The molecule has 2 aromatic carbocycles. The van der Waals surface area contributed by atoms with Gasteiger partial charge in [-0.05, 0) is 49.1 Å². The Hall–Kier alpha value is -2.94. The molecule has 190 valence electrons. The topological polar surface area (TPSA) is 75.1 Å². The first-order valence-corrected chi connectivity index (χ1v) is 13.4. The number of hydrogen-bond donors (Lipinski definition) is 1. The fourth-order valence-electron chi connectivity index (χ4n) is 4.83. The van der Waals surface area contributed by atoms with Crippen LogP contribution in [0.2, 0.25) is 0 Å². The molecule has 8 heteroatoms. The first-order valence-electron chi connectivity index (χ1n) is 12.5. The van der Waals surface area contributed by atoms with E-state index in [1.165, 1.54) is 16.7 Å². The number of aliphatic carboxylic acids is 1. The van der Waals surface area contributed by atoms with Crippen molar-refractivity contribution in [1.82, 2.24) is 9.88 Å². The van der Waals surface area contributed by atoms with Crippen LogP contribution in [0.5, 0.6) is 5.75 Å². The molecule has 2 saturated heterocycles. The molecule has 0 saturated carbocycles. The molecule has 7 nitrogen and oxygen atoms in total. The number of carboxylic acid groups (broad SMARTS) is 1. The molecule has 2 aliphatic rings. The van der Waals surface area contributed by atoms with Gasteiger partial charge in [0.05, 0.1) is 24.8 Å². The Morgan fingerprint density at radius 1 is 1.17 bits per heavy atom. The zero-order valence-corrected chi connectivity index (χ0v) is 21.7. The number of hydrogen-bond acceptors (Lipinski definition) is 7. The lowest BCUT2D eigenvalue weighted by molar-refractivity contribution is -0.140. The van der Waals surface area contributed by atoms with Crippen LogP contribution in [0.15, 0.2) is 41.8 Å². The van der Waals surface area contributed by atoms with Gasteiger partial charge >= 0.3 is 5.97 Å². The largest absolute Gasteiger partial charge is 0.488 e. The summed E-state index contributed by atoms with van der Waals surface area (Å²) in [5.74, 6) is -0.245. The summed E-state index contributed by atoms with van der Waals surface area (Å²) in [6, 6.07) is 12.8. The quantitative estimate of drug-likeness (QED) is 0.472. The Bertz CT molecular complexity index is 1220. The fraction of sp³-hybridized carbons (Fsp3) is 0.429. The molecule has 0 radical (unpaired) electrons. The zero-order valence-electron chi connectivity index (χ0n) is 20.9. The van der Waals surface area contributed by atoms with Crippen LogP contribution in [0.1, 0.15) is 28.7 Å². The van der Waals surface area contributed by atoms with Gasteiger partial charge in [-0.3, -0.25) is 9.69 Å². The molecule has 2 aliphatic heterocycles. The van der Waals surface area contributed by atoms with Gasteiger partial charge in [-0.1, -0.05) is 29.8 Å². The van der Waals surface area contributed by atoms with Gasteiger partial charge in [-0.25, -0.2) is 4.98 Å². The van der Waals surface area contributed by atoms with Crippen molar-refractivity contribution < 1.29 is 19.4 Å². The number of carbonyl (C=O) groups is 1. The Labute approximate surface area is 216 Å². The number of benzene rings is 2. The van der Waals surface area contributed by atoms with Crippen LogP contribution < -0.4 is 9.64 Å². The molecule has 3 heterocycles. The van der Waals surface area contributed by atoms with Gasteiger partial charge in [0.25, 0.3) is 0 Å². The number of aromatic nitrogens is 1. The Morgan fingerprint density at radius 2 is 2.00 bits per heavy atom. The highest BCUT2D eigenvalue weighted by atomic mass is 32.1. The third-order valence-electron chi connectivity index (χ3n) is 7.01. The third kappa shape index (κ3) is 5.72. The van der Waals surface area contributed by atoms with E-state index in [1.54, 1.807) is 11.3 Å². The molecular formula is C28H33N3O4S. The standard InChI is InChI=1S/C28H33N3O4S/c1-19-3-6-26(24(13-19)25-18-36-28(29-25)31-8-7-22(16-31)27(32)33)35-17-23-5-4-21(14-20(23)2)15-30-9-11-34-12-10-30/h3-6,13-14,18,22H,7-12,15-17H2,1-2H3,(H,32,33). The van der Waals surface area contributed by atoms with Gasteiger partial charge in [-0.15, -0.1) is 11.3 Å². The summed E-state index contributed by atoms with van der Waals surface area (Å²) >= 11 is 1.56. The van der Waals surface area contributed by atoms with Crippen LogP contribution in [0, 0.1) is 19.8 Å². The number of nitrogens with zero attached hydrogens (tertiary/aromatic N) is 3. The van der Waals surface area contributed by atoms with Crippen molar-refractivity contribution in [3.05, 3.63) is 64.0 Å². The summed E-state index contributed by atoms with van der Waals surface area (Å²) < 4.78 is 11.8. The van der Waals surface area contributed by atoms with Crippen molar-refractivity contribution in [1.29, 1.82) is 0 Å². The minimum absolute atomic E-state index is 0.321. The van der Waals surface area contributed by atoms with Crippen molar-refractivity contribution in [2.75, 3.05) is 44.3 Å². The number of thiazole rings is 1. The molecule has 0 spiro atoms. The molecule has 2 fully saturated rings. The second kappa shape index (κ2) is 11.0. The number of aryl methyl sites for hydroxylation is 2. The minimum atomic E-state index is -0.729. The zero-order chi connectivity index (χ0) is 25.1. The summed E-state index contributed by atoms with van der Waals surface area (Å²) in [7, 11) is 0. The molecule has 5 rings (SSSR count). The van der Waals surface area contributed by atoms with E-state index in [9.17, 15) is 9.90 Å². The monoisotopic (exact) mass is 507 g/mol.